The molecule has 0 radical (unpaired) electrons. The first-order valence-electron chi connectivity index (χ1n) is 12.4. The van der Waals surface area contributed by atoms with Gasteiger partial charge in [-0.1, -0.05) is 61.0 Å². The number of rotatable bonds is 6. The maximum Gasteiger partial charge on any atom is 0.374 e. The Hall–Kier alpha value is -4.39. The predicted molar refractivity (Wildman–Crippen MR) is 142 cm³/mol. The Morgan fingerprint density at radius 2 is 1.70 bits per heavy atom. The van der Waals surface area contributed by atoms with Crippen molar-refractivity contribution < 1.29 is 13.9 Å². The molecule has 188 valence electrons. The monoisotopic (exact) mass is 496 g/mol. The van der Waals surface area contributed by atoms with E-state index in [-0.39, 0.29) is 24.8 Å². The third-order valence-electron chi connectivity index (χ3n) is 6.68. The smallest absolute Gasteiger partial charge is 0.374 e. The van der Waals surface area contributed by atoms with Gasteiger partial charge in [-0.05, 0) is 60.2 Å². The average Bonchev–Trinajstić information content (AvgIpc) is 3.29. The molecular weight excluding hydrogens is 468 g/mol. The Balaban J connectivity index is 1.63. The number of ether oxygens (including phenoxy) is 1. The van der Waals surface area contributed by atoms with Crippen LogP contribution in [0, 0.1) is 6.92 Å². The molecule has 4 aromatic rings. The number of nitrogens with one attached hydrogen (secondary N) is 1. The number of nitrogens with zero attached hydrogens (tertiary/aromatic N) is 1. The SMILES string of the molecule is CCOC(=O)c1ccc(Cn2cc(C3c4ccc(C)cc4C=Cc4cc(CC)ccc43)c(=O)[nH]c2=O)o1. The lowest BCUT2D eigenvalue weighted by Gasteiger charge is -2.21. The molecule has 37 heavy (non-hydrogen) atoms. The first-order chi connectivity index (χ1) is 17.9. The molecule has 2 heterocycles. The molecule has 0 spiro atoms. The zero-order chi connectivity index (χ0) is 26.1. The van der Waals surface area contributed by atoms with Gasteiger partial charge in [0.15, 0.2) is 0 Å². The van der Waals surface area contributed by atoms with E-state index in [1.165, 1.54) is 16.2 Å². The summed E-state index contributed by atoms with van der Waals surface area (Å²) < 4.78 is 12.0. The van der Waals surface area contributed by atoms with E-state index in [9.17, 15) is 14.4 Å². The third kappa shape index (κ3) is 4.72. The summed E-state index contributed by atoms with van der Waals surface area (Å²) in [6.45, 7) is 6.15. The number of benzene rings is 2. The van der Waals surface area contributed by atoms with Crippen LogP contribution in [0.25, 0.3) is 12.2 Å². The van der Waals surface area contributed by atoms with Crippen molar-refractivity contribution in [1.82, 2.24) is 9.55 Å². The van der Waals surface area contributed by atoms with Crippen LogP contribution in [-0.4, -0.2) is 22.1 Å². The van der Waals surface area contributed by atoms with E-state index >= 15 is 0 Å². The number of fused-ring (bicyclic) bond motifs is 2. The largest absolute Gasteiger partial charge is 0.460 e. The molecule has 1 N–H and O–H groups in total. The highest BCUT2D eigenvalue weighted by Gasteiger charge is 2.27. The number of aromatic amines is 1. The van der Waals surface area contributed by atoms with Gasteiger partial charge in [-0.15, -0.1) is 0 Å². The van der Waals surface area contributed by atoms with Gasteiger partial charge in [0.25, 0.3) is 5.56 Å². The summed E-state index contributed by atoms with van der Waals surface area (Å²) in [4.78, 5) is 40.5. The molecule has 5 rings (SSSR count). The molecule has 2 aromatic heterocycles. The van der Waals surface area contributed by atoms with Gasteiger partial charge in [0.1, 0.15) is 5.76 Å². The van der Waals surface area contributed by atoms with Crippen molar-refractivity contribution in [2.75, 3.05) is 6.61 Å². The highest BCUT2D eigenvalue weighted by Crippen LogP contribution is 2.38. The van der Waals surface area contributed by atoms with Crippen molar-refractivity contribution in [2.45, 2.75) is 39.7 Å². The fourth-order valence-corrected chi connectivity index (χ4v) is 4.83. The van der Waals surface area contributed by atoms with Crippen molar-refractivity contribution in [3.05, 3.63) is 126 Å². The standard InChI is InChI=1S/C30H28N2O5/c1-4-19-7-12-24-21(15-19)9-8-20-14-18(3)6-11-23(20)27(24)25-17-32(30(35)31-28(25)33)16-22-10-13-26(37-22)29(34)36-5-2/h6-15,17,27H,4-5,16H2,1-3H3,(H,31,33,35). The number of furan rings is 1. The molecule has 0 aliphatic heterocycles. The van der Waals surface area contributed by atoms with Gasteiger partial charge in [0.05, 0.1) is 13.2 Å². The predicted octanol–water partition coefficient (Wildman–Crippen LogP) is 4.89. The summed E-state index contributed by atoms with van der Waals surface area (Å²) in [6, 6.07) is 15.6. The van der Waals surface area contributed by atoms with Gasteiger partial charge in [0.2, 0.25) is 5.76 Å². The maximum atomic E-state index is 13.3. The molecule has 2 aromatic carbocycles. The molecule has 0 fully saturated rings. The van der Waals surface area contributed by atoms with Crippen molar-refractivity contribution >= 4 is 18.1 Å². The summed E-state index contributed by atoms with van der Waals surface area (Å²) in [6.07, 6.45) is 6.69. The lowest BCUT2D eigenvalue weighted by atomic mass is 9.82. The van der Waals surface area contributed by atoms with E-state index in [4.69, 9.17) is 9.15 Å². The van der Waals surface area contributed by atoms with Gasteiger partial charge >= 0.3 is 11.7 Å². The molecule has 1 atom stereocenters. The molecule has 0 saturated heterocycles. The van der Waals surface area contributed by atoms with E-state index in [0.717, 1.165) is 34.2 Å². The summed E-state index contributed by atoms with van der Waals surface area (Å²) in [7, 11) is 0. The Morgan fingerprint density at radius 3 is 2.43 bits per heavy atom. The summed E-state index contributed by atoms with van der Waals surface area (Å²) in [5.41, 5.74) is 5.85. The van der Waals surface area contributed by atoms with Crippen LogP contribution >= 0.6 is 0 Å². The zero-order valence-electron chi connectivity index (χ0n) is 21.0. The molecule has 7 heteroatoms. The normalized spacial score (nSPS) is 14.1. The third-order valence-corrected chi connectivity index (χ3v) is 6.68. The number of aryl methyl sites for hydroxylation is 2. The lowest BCUT2D eigenvalue weighted by Crippen LogP contribution is -2.33. The number of carbonyl (C=O) groups is 1. The number of esters is 1. The van der Waals surface area contributed by atoms with Crippen LogP contribution in [0.1, 0.15) is 75.0 Å². The van der Waals surface area contributed by atoms with E-state index in [0.29, 0.717) is 11.3 Å². The molecule has 1 aliphatic carbocycles. The van der Waals surface area contributed by atoms with Crippen molar-refractivity contribution in [2.24, 2.45) is 0 Å². The Kier molecular flexibility index (Phi) is 6.53. The van der Waals surface area contributed by atoms with E-state index < -0.39 is 17.2 Å². The summed E-state index contributed by atoms with van der Waals surface area (Å²) in [5, 5.41) is 0. The van der Waals surface area contributed by atoms with Gasteiger partial charge in [0, 0.05) is 17.7 Å². The molecule has 7 nitrogen and oxygen atoms in total. The number of hydrogen-bond acceptors (Lipinski definition) is 5. The van der Waals surface area contributed by atoms with Crippen molar-refractivity contribution in [1.29, 1.82) is 0 Å². The molecule has 1 unspecified atom stereocenters. The Labute approximate surface area is 214 Å². The zero-order valence-corrected chi connectivity index (χ0v) is 21.0. The second-order valence-electron chi connectivity index (χ2n) is 9.17. The van der Waals surface area contributed by atoms with Crippen LogP contribution in [-0.2, 0) is 17.7 Å². The molecule has 0 saturated carbocycles. The quantitative estimate of drug-likeness (QED) is 0.338. The fourth-order valence-electron chi connectivity index (χ4n) is 4.83. The fraction of sp³-hybridized carbons (Fsp3) is 0.233. The van der Waals surface area contributed by atoms with Crippen LogP contribution in [0.5, 0.6) is 0 Å². The number of hydrogen-bond donors (Lipinski definition) is 1. The van der Waals surface area contributed by atoms with Crippen LogP contribution in [0.3, 0.4) is 0 Å². The van der Waals surface area contributed by atoms with Crippen LogP contribution < -0.4 is 11.2 Å². The molecular formula is C30H28N2O5. The van der Waals surface area contributed by atoms with Gasteiger partial charge in [-0.2, -0.15) is 0 Å². The molecule has 1 aliphatic rings. The van der Waals surface area contributed by atoms with E-state index in [1.807, 2.05) is 13.0 Å². The maximum absolute atomic E-state index is 13.3. The summed E-state index contributed by atoms with van der Waals surface area (Å²) >= 11 is 0. The average molecular weight is 497 g/mol. The van der Waals surface area contributed by atoms with Crippen molar-refractivity contribution in [3.63, 3.8) is 0 Å². The molecule has 0 bridgehead atoms. The van der Waals surface area contributed by atoms with Crippen LogP contribution in [0.2, 0.25) is 0 Å². The lowest BCUT2D eigenvalue weighted by molar-refractivity contribution is 0.0488. The number of carbonyl (C=O) groups excluding carboxylic acids is 1. The van der Waals surface area contributed by atoms with Crippen molar-refractivity contribution in [3.8, 4) is 0 Å². The first kappa shape index (κ1) is 24.3. The Bertz CT molecular complexity index is 1640. The minimum absolute atomic E-state index is 0.0510. The van der Waals surface area contributed by atoms with E-state index in [2.05, 4.69) is 54.4 Å². The van der Waals surface area contributed by atoms with Gasteiger partial charge < -0.3 is 9.15 Å². The highest BCUT2D eigenvalue weighted by atomic mass is 16.5. The topological polar surface area (TPSA) is 94.3 Å². The van der Waals surface area contributed by atoms with Crippen LogP contribution in [0.15, 0.2) is 68.7 Å². The second-order valence-corrected chi connectivity index (χ2v) is 9.17. The summed E-state index contributed by atoms with van der Waals surface area (Å²) in [5.74, 6) is -0.484. The minimum atomic E-state index is -0.566. The van der Waals surface area contributed by atoms with Gasteiger partial charge in [-0.3, -0.25) is 14.3 Å². The highest BCUT2D eigenvalue weighted by molar-refractivity contribution is 5.86. The second kappa shape index (κ2) is 9.93. The minimum Gasteiger partial charge on any atom is -0.460 e. The Morgan fingerprint density at radius 1 is 0.973 bits per heavy atom. The molecule has 0 amide bonds. The number of aromatic nitrogens is 2. The van der Waals surface area contributed by atoms with E-state index in [1.54, 1.807) is 19.2 Å². The number of H-pyrrole nitrogens is 1. The first-order valence-corrected chi connectivity index (χ1v) is 12.4. The van der Waals surface area contributed by atoms with Crippen LogP contribution in [0.4, 0.5) is 0 Å². The van der Waals surface area contributed by atoms with Gasteiger partial charge in [-0.25, -0.2) is 9.59 Å².